The third kappa shape index (κ3) is 2.48. The normalized spacial score (nSPS) is 33.7. The van der Waals surface area contributed by atoms with Crippen LogP contribution >= 0.6 is 11.9 Å². The van der Waals surface area contributed by atoms with E-state index < -0.39 is 5.97 Å². The average Bonchev–Trinajstić information content (AvgIpc) is 2.16. The third-order valence-corrected chi connectivity index (χ3v) is 4.68. The monoisotopic (exact) mass is 229 g/mol. The lowest BCUT2D eigenvalue weighted by molar-refractivity contribution is -0.143. The van der Waals surface area contributed by atoms with E-state index in [1.807, 2.05) is 0 Å². The van der Waals surface area contributed by atoms with Crippen LogP contribution in [0.2, 0.25) is 0 Å². The van der Waals surface area contributed by atoms with Gasteiger partial charge in [-0.3, -0.25) is 9.10 Å². The van der Waals surface area contributed by atoms with Crippen LogP contribution in [0, 0.1) is 17.8 Å². The molecule has 1 aliphatic carbocycles. The molecule has 0 aromatic rings. The highest BCUT2D eigenvalue weighted by Gasteiger charge is 2.37. The molecule has 0 aromatic heterocycles. The number of nitrogens with zero attached hydrogens (tertiary/aromatic N) is 1. The molecule has 1 N–H and O–H groups in total. The van der Waals surface area contributed by atoms with Gasteiger partial charge in [0.05, 0.1) is 5.92 Å². The van der Waals surface area contributed by atoms with Crippen LogP contribution in [-0.4, -0.2) is 34.7 Å². The summed E-state index contributed by atoms with van der Waals surface area (Å²) in [4.78, 5) is 10.9. The first-order valence-electron chi connectivity index (χ1n) is 5.72. The third-order valence-electron chi connectivity index (χ3n) is 3.87. The zero-order valence-corrected chi connectivity index (χ0v) is 10.0. The zero-order valence-electron chi connectivity index (χ0n) is 9.19. The molecule has 86 valence electrons. The maximum atomic E-state index is 10.9. The fourth-order valence-electron chi connectivity index (χ4n) is 2.80. The van der Waals surface area contributed by atoms with Crippen molar-refractivity contribution in [1.29, 1.82) is 0 Å². The van der Waals surface area contributed by atoms with Crippen LogP contribution in [-0.2, 0) is 4.79 Å². The molecule has 2 aliphatic rings. The van der Waals surface area contributed by atoms with Gasteiger partial charge in [-0.15, -0.1) is 0 Å². The Bertz CT molecular complexity index is 241. The molecule has 2 rings (SSSR count). The van der Waals surface area contributed by atoms with Gasteiger partial charge < -0.3 is 5.11 Å². The van der Waals surface area contributed by atoms with Crippen molar-refractivity contribution in [1.82, 2.24) is 4.31 Å². The number of hydrogen-bond acceptors (Lipinski definition) is 3. The molecule has 0 spiro atoms. The van der Waals surface area contributed by atoms with Crippen molar-refractivity contribution in [2.24, 2.45) is 17.8 Å². The van der Waals surface area contributed by atoms with E-state index in [2.05, 4.69) is 10.6 Å². The molecular weight excluding hydrogens is 210 g/mol. The van der Waals surface area contributed by atoms with Crippen molar-refractivity contribution in [2.75, 3.05) is 19.3 Å². The molecule has 2 fully saturated rings. The molecule has 0 aromatic carbocycles. The van der Waals surface area contributed by atoms with Gasteiger partial charge in [0.1, 0.15) is 0 Å². The second-order valence-electron chi connectivity index (χ2n) is 4.75. The second kappa shape index (κ2) is 4.74. The highest BCUT2D eigenvalue weighted by Crippen LogP contribution is 2.39. The fourth-order valence-corrected chi connectivity index (χ4v) is 3.48. The number of aliphatic carboxylic acids is 1. The van der Waals surface area contributed by atoms with Crippen LogP contribution in [0.3, 0.4) is 0 Å². The number of carboxylic acids is 1. The van der Waals surface area contributed by atoms with Gasteiger partial charge in [0, 0.05) is 13.1 Å². The first kappa shape index (κ1) is 11.3. The maximum absolute atomic E-state index is 10.9. The first-order valence-corrected chi connectivity index (χ1v) is 6.90. The highest BCUT2D eigenvalue weighted by atomic mass is 32.2. The predicted octanol–water partition coefficient (Wildman–Crippen LogP) is 2.09. The summed E-state index contributed by atoms with van der Waals surface area (Å²) >= 11 is 1.80. The highest BCUT2D eigenvalue weighted by molar-refractivity contribution is 7.96. The van der Waals surface area contributed by atoms with Crippen molar-refractivity contribution in [2.45, 2.75) is 25.7 Å². The van der Waals surface area contributed by atoms with Gasteiger partial charge in [0.25, 0.3) is 0 Å². The molecule has 1 aliphatic heterocycles. The van der Waals surface area contributed by atoms with Crippen molar-refractivity contribution in [3.63, 3.8) is 0 Å². The van der Waals surface area contributed by atoms with Gasteiger partial charge in [-0.25, -0.2) is 0 Å². The molecule has 2 atom stereocenters. The summed E-state index contributed by atoms with van der Waals surface area (Å²) in [5.41, 5.74) is 0. The Hall–Kier alpha value is -0.220. The fraction of sp³-hybridized carbons (Fsp3) is 0.909. The van der Waals surface area contributed by atoms with Crippen molar-refractivity contribution in [3.8, 4) is 0 Å². The number of rotatable bonds is 3. The smallest absolute Gasteiger partial charge is 0.306 e. The number of hydrogen-bond donors (Lipinski definition) is 1. The molecule has 1 heterocycles. The Morgan fingerprint density at radius 3 is 2.67 bits per heavy atom. The molecule has 2 unspecified atom stereocenters. The second-order valence-corrected chi connectivity index (χ2v) is 5.63. The van der Waals surface area contributed by atoms with E-state index >= 15 is 0 Å². The summed E-state index contributed by atoms with van der Waals surface area (Å²) in [6, 6.07) is 0. The molecule has 0 bridgehead atoms. The van der Waals surface area contributed by atoms with Crippen LogP contribution in [0.4, 0.5) is 0 Å². The molecule has 4 heteroatoms. The lowest BCUT2D eigenvalue weighted by Crippen LogP contribution is -2.47. The minimum Gasteiger partial charge on any atom is -0.481 e. The summed E-state index contributed by atoms with van der Waals surface area (Å²) < 4.78 is 2.36. The van der Waals surface area contributed by atoms with Gasteiger partial charge >= 0.3 is 5.97 Å². The Kier molecular flexibility index (Phi) is 3.57. The van der Waals surface area contributed by atoms with Crippen molar-refractivity contribution in [3.05, 3.63) is 0 Å². The van der Waals surface area contributed by atoms with E-state index in [4.69, 9.17) is 5.11 Å². The van der Waals surface area contributed by atoms with Gasteiger partial charge in [-0.2, -0.15) is 0 Å². The quantitative estimate of drug-likeness (QED) is 0.752. The van der Waals surface area contributed by atoms with Crippen molar-refractivity contribution >= 4 is 17.9 Å². The van der Waals surface area contributed by atoms with E-state index in [0.717, 1.165) is 38.3 Å². The topological polar surface area (TPSA) is 40.5 Å². The molecule has 0 amide bonds. The Morgan fingerprint density at radius 1 is 1.33 bits per heavy atom. The molecule has 1 saturated heterocycles. The van der Waals surface area contributed by atoms with E-state index in [1.54, 1.807) is 11.9 Å². The summed E-state index contributed by atoms with van der Waals surface area (Å²) in [6.45, 7) is 2.33. The van der Waals surface area contributed by atoms with E-state index in [0.29, 0.717) is 5.92 Å². The van der Waals surface area contributed by atoms with Crippen LogP contribution in [0.5, 0.6) is 0 Å². The predicted molar refractivity (Wildman–Crippen MR) is 61.7 cm³/mol. The number of carbonyl (C=O) groups is 1. The SMILES string of the molecule is CSN1CC(C2CCCC(C(=O)O)C2)C1. The summed E-state index contributed by atoms with van der Waals surface area (Å²) in [5.74, 6) is 0.788. The van der Waals surface area contributed by atoms with Gasteiger partial charge in [0.15, 0.2) is 0 Å². The van der Waals surface area contributed by atoms with Crippen LogP contribution in [0.1, 0.15) is 25.7 Å². The molecule has 1 saturated carbocycles. The zero-order chi connectivity index (χ0) is 10.8. The summed E-state index contributed by atoms with van der Waals surface area (Å²) in [6.07, 6.45) is 6.28. The van der Waals surface area contributed by atoms with Gasteiger partial charge in [0.2, 0.25) is 0 Å². The molecule has 0 radical (unpaired) electrons. The van der Waals surface area contributed by atoms with Crippen LogP contribution in [0.15, 0.2) is 0 Å². The van der Waals surface area contributed by atoms with E-state index in [1.165, 1.54) is 6.42 Å². The molecule has 3 nitrogen and oxygen atoms in total. The number of carboxylic acid groups (broad SMARTS) is 1. The van der Waals surface area contributed by atoms with Crippen LogP contribution < -0.4 is 0 Å². The van der Waals surface area contributed by atoms with E-state index in [9.17, 15) is 4.79 Å². The lowest BCUT2D eigenvalue weighted by atomic mass is 9.73. The molecular formula is C11H19NO2S. The van der Waals surface area contributed by atoms with E-state index in [-0.39, 0.29) is 5.92 Å². The average molecular weight is 229 g/mol. The minimum atomic E-state index is -0.583. The Balaban J connectivity index is 1.81. The lowest BCUT2D eigenvalue weighted by Gasteiger charge is -2.44. The largest absolute Gasteiger partial charge is 0.481 e. The Labute approximate surface area is 95.4 Å². The molecule has 15 heavy (non-hydrogen) atoms. The van der Waals surface area contributed by atoms with Gasteiger partial charge in [-0.1, -0.05) is 24.8 Å². The summed E-state index contributed by atoms with van der Waals surface area (Å²) in [7, 11) is 0. The summed E-state index contributed by atoms with van der Waals surface area (Å²) in [5, 5.41) is 9.01. The minimum absolute atomic E-state index is 0.0629. The Morgan fingerprint density at radius 2 is 2.07 bits per heavy atom. The maximum Gasteiger partial charge on any atom is 0.306 e. The first-order chi connectivity index (χ1) is 7.20. The van der Waals surface area contributed by atoms with Crippen molar-refractivity contribution < 1.29 is 9.90 Å². The van der Waals surface area contributed by atoms with Crippen LogP contribution in [0.25, 0.3) is 0 Å². The van der Waals surface area contributed by atoms with Gasteiger partial charge in [-0.05, 0) is 30.9 Å². The standard InChI is InChI=1S/C11H19NO2S/c1-15-12-6-10(7-12)8-3-2-4-9(5-8)11(13)14/h8-10H,2-7H2,1H3,(H,13,14).